The Labute approximate surface area is 231 Å². The van der Waals surface area contributed by atoms with Crippen LogP contribution in [0.4, 0.5) is 0 Å². The smallest absolute Gasteiger partial charge is 0.295 e. The first-order valence-electron chi connectivity index (χ1n) is 13.5. The van der Waals surface area contributed by atoms with Crippen molar-refractivity contribution in [1.29, 1.82) is 0 Å². The van der Waals surface area contributed by atoms with Crippen molar-refractivity contribution in [2.45, 2.75) is 60.1 Å². The second-order valence-electron chi connectivity index (χ2n) is 10.3. The Bertz CT molecular complexity index is 1200. The van der Waals surface area contributed by atoms with Gasteiger partial charge in [-0.3, -0.25) is 9.59 Å². The van der Waals surface area contributed by atoms with Crippen LogP contribution in [0.2, 0.25) is 0 Å². The number of ketones is 1. The van der Waals surface area contributed by atoms with Gasteiger partial charge in [0.1, 0.15) is 11.5 Å². The number of hydrogen-bond donors (Lipinski definition) is 1. The summed E-state index contributed by atoms with van der Waals surface area (Å²) in [6.07, 6.45) is 0.597. The molecule has 0 bridgehead atoms. The molecule has 2 aromatic carbocycles. The van der Waals surface area contributed by atoms with E-state index in [0.29, 0.717) is 60.5 Å². The van der Waals surface area contributed by atoms with E-state index in [2.05, 4.69) is 13.8 Å². The third-order valence-corrected chi connectivity index (χ3v) is 6.36. The summed E-state index contributed by atoms with van der Waals surface area (Å²) in [6.45, 7) is 13.5. The number of carbonyl (C=O) groups is 2. The molecule has 3 rings (SSSR count). The molecule has 1 heterocycles. The first kappa shape index (κ1) is 30.0. The highest BCUT2D eigenvalue weighted by Gasteiger charge is 2.46. The van der Waals surface area contributed by atoms with Crippen molar-refractivity contribution >= 4 is 17.4 Å². The summed E-state index contributed by atoms with van der Waals surface area (Å²) in [4.78, 5) is 28.2. The fourth-order valence-electron chi connectivity index (χ4n) is 4.51. The topological polar surface area (TPSA) is 94.5 Å². The molecule has 1 unspecified atom stereocenters. The Balaban J connectivity index is 2.08. The molecule has 1 saturated heterocycles. The first-order valence-corrected chi connectivity index (χ1v) is 13.5. The number of nitrogens with zero attached hydrogens (tertiary/aromatic N) is 1. The minimum absolute atomic E-state index is 0.0349. The molecule has 0 radical (unpaired) electrons. The molecule has 39 heavy (non-hydrogen) atoms. The molecule has 8 heteroatoms. The summed E-state index contributed by atoms with van der Waals surface area (Å²) in [6, 6.07) is 9.75. The molecule has 8 nitrogen and oxygen atoms in total. The van der Waals surface area contributed by atoms with Crippen molar-refractivity contribution in [3.63, 3.8) is 0 Å². The number of hydrogen-bond acceptors (Lipinski definition) is 7. The number of rotatable bonds is 13. The SMILES string of the molecule is CCOc1cc(C2/C(=C(/O)c3ccc(OCC(C)C)c(C)c3)C(=O)C(=O)N2CCCOC(C)C)ccc1OC. The fraction of sp³-hybridized carbons (Fsp3) is 0.484. The molecular formula is C31H41NO7. The number of Topliss-reactive ketones (excluding diaryl/α,β-unsaturated/α-hetero) is 1. The molecule has 0 aliphatic carbocycles. The highest BCUT2D eigenvalue weighted by atomic mass is 16.5. The minimum Gasteiger partial charge on any atom is -0.507 e. The van der Waals surface area contributed by atoms with Crippen LogP contribution in [-0.4, -0.2) is 61.3 Å². The van der Waals surface area contributed by atoms with Gasteiger partial charge in [0.25, 0.3) is 11.7 Å². The highest BCUT2D eigenvalue weighted by Crippen LogP contribution is 2.42. The van der Waals surface area contributed by atoms with Crippen LogP contribution in [0, 0.1) is 12.8 Å². The Kier molecular flexibility index (Phi) is 10.4. The molecule has 0 spiro atoms. The number of benzene rings is 2. The van der Waals surface area contributed by atoms with Crippen molar-refractivity contribution in [3.8, 4) is 17.2 Å². The van der Waals surface area contributed by atoms with E-state index in [9.17, 15) is 14.7 Å². The largest absolute Gasteiger partial charge is 0.507 e. The molecule has 1 aliphatic rings. The molecule has 1 fully saturated rings. The fourth-order valence-corrected chi connectivity index (χ4v) is 4.51. The van der Waals surface area contributed by atoms with Crippen LogP contribution in [-0.2, 0) is 14.3 Å². The standard InChI is InChI=1S/C31H41NO7/c1-8-37-26-17-22(10-13-25(26)36-7)28-27(30(34)31(35)32(28)14-9-15-38-20(4)5)29(33)23-11-12-24(21(6)16-23)39-18-19(2)3/h10-13,16-17,19-20,28,33H,8-9,14-15,18H2,1-7H3/b29-27-. The Hall–Kier alpha value is -3.52. The summed E-state index contributed by atoms with van der Waals surface area (Å²) in [5.74, 6) is 0.488. The third-order valence-electron chi connectivity index (χ3n) is 6.36. The lowest BCUT2D eigenvalue weighted by Crippen LogP contribution is -2.31. The molecule has 1 amide bonds. The van der Waals surface area contributed by atoms with E-state index >= 15 is 0 Å². The average molecular weight is 540 g/mol. The van der Waals surface area contributed by atoms with Crippen LogP contribution in [0.15, 0.2) is 42.0 Å². The van der Waals surface area contributed by atoms with Gasteiger partial charge >= 0.3 is 0 Å². The van der Waals surface area contributed by atoms with E-state index < -0.39 is 17.7 Å². The molecule has 0 saturated carbocycles. The zero-order valence-electron chi connectivity index (χ0n) is 24.1. The van der Waals surface area contributed by atoms with Gasteiger partial charge in [0.2, 0.25) is 0 Å². The van der Waals surface area contributed by atoms with Gasteiger partial charge in [0.05, 0.1) is 38.0 Å². The highest BCUT2D eigenvalue weighted by molar-refractivity contribution is 6.46. The molecule has 0 aromatic heterocycles. The number of methoxy groups -OCH3 is 1. The Morgan fingerprint density at radius 1 is 1.00 bits per heavy atom. The second-order valence-corrected chi connectivity index (χ2v) is 10.3. The summed E-state index contributed by atoms with van der Waals surface area (Å²) in [5.41, 5.74) is 1.93. The molecular weight excluding hydrogens is 498 g/mol. The van der Waals surface area contributed by atoms with Crippen LogP contribution in [0.5, 0.6) is 17.2 Å². The van der Waals surface area contributed by atoms with Crippen LogP contribution < -0.4 is 14.2 Å². The molecule has 1 aliphatic heterocycles. The average Bonchev–Trinajstić information content (AvgIpc) is 3.14. The van der Waals surface area contributed by atoms with Gasteiger partial charge in [-0.15, -0.1) is 0 Å². The molecule has 212 valence electrons. The number of aryl methyl sites for hydroxylation is 1. The zero-order valence-corrected chi connectivity index (χ0v) is 24.1. The van der Waals surface area contributed by atoms with Crippen molar-refractivity contribution < 1.29 is 33.6 Å². The minimum atomic E-state index is -0.800. The van der Waals surface area contributed by atoms with Gasteiger partial charge in [-0.25, -0.2) is 0 Å². The van der Waals surface area contributed by atoms with Crippen molar-refractivity contribution in [2.24, 2.45) is 5.92 Å². The second kappa shape index (κ2) is 13.5. The third kappa shape index (κ3) is 7.12. The number of aliphatic hydroxyl groups is 1. The predicted octanol–water partition coefficient (Wildman–Crippen LogP) is 5.67. The maximum atomic E-state index is 13.4. The summed E-state index contributed by atoms with van der Waals surface area (Å²) < 4.78 is 22.7. The van der Waals surface area contributed by atoms with E-state index in [4.69, 9.17) is 18.9 Å². The van der Waals surface area contributed by atoms with E-state index in [1.54, 1.807) is 43.5 Å². The van der Waals surface area contributed by atoms with Crippen molar-refractivity contribution in [3.05, 3.63) is 58.7 Å². The van der Waals surface area contributed by atoms with Crippen molar-refractivity contribution in [2.75, 3.05) is 33.5 Å². The number of carbonyl (C=O) groups excluding carboxylic acids is 2. The van der Waals surface area contributed by atoms with Crippen LogP contribution in [0.1, 0.15) is 63.8 Å². The normalized spacial score (nSPS) is 16.8. The summed E-state index contributed by atoms with van der Waals surface area (Å²) in [5, 5.41) is 11.5. The quantitative estimate of drug-likeness (QED) is 0.152. The predicted molar refractivity (Wildman–Crippen MR) is 150 cm³/mol. The lowest BCUT2D eigenvalue weighted by Gasteiger charge is -2.26. The van der Waals surface area contributed by atoms with E-state index in [0.717, 1.165) is 5.56 Å². The van der Waals surface area contributed by atoms with Gasteiger partial charge in [-0.05, 0) is 81.5 Å². The number of likely N-dealkylation sites (tertiary alicyclic amines) is 1. The Morgan fingerprint density at radius 2 is 1.72 bits per heavy atom. The van der Waals surface area contributed by atoms with Crippen molar-refractivity contribution in [1.82, 2.24) is 4.90 Å². The summed E-state index contributed by atoms with van der Waals surface area (Å²) >= 11 is 0. The van der Waals surface area contributed by atoms with Gasteiger partial charge in [-0.1, -0.05) is 19.9 Å². The maximum Gasteiger partial charge on any atom is 0.295 e. The lowest BCUT2D eigenvalue weighted by atomic mass is 9.94. The van der Waals surface area contributed by atoms with E-state index in [1.165, 1.54) is 4.90 Å². The van der Waals surface area contributed by atoms with Gasteiger partial charge in [0.15, 0.2) is 11.5 Å². The molecule has 1 N–H and O–H groups in total. The number of aliphatic hydroxyl groups excluding tert-OH is 1. The molecule has 2 aromatic rings. The maximum absolute atomic E-state index is 13.4. The van der Waals surface area contributed by atoms with Crippen LogP contribution in [0.25, 0.3) is 5.76 Å². The Morgan fingerprint density at radius 3 is 2.33 bits per heavy atom. The first-order chi connectivity index (χ1) is 18.6. The van der Waals surface area contributed by atoms with E-state index in [1.807, 2.05) is 27.7 Å². The van der Waals surface area contributed by atoms with Crippen LogP contribution in [0.3, 0.4) is 0 Å². The lowest BCUT2D eigenvalue weighted by molar-refractivity contribution is -0.140. The molecule has 1 atom stereocenters. The van der Waals surface area contributed by atoms with Crippen LogP contribution >= 0.6 is 0 Å². The number of ether oxygens (including phenoxy) is 4. The van der Waals surface area contributed by atoms with Gasteiger partial charge in [0, 0.05) is 18.7 Å². The van der Waals surface area contributed by atoms with E-state index in [-0.39, 0.29) is 24.0 Å². The van der Waals surface area contributed by atoms with Gasteiger partial charge in [-0.2, -0.15) is 0 Å². The monoisotopic (exact) mass is 539 g/mol. The number of amides is 1. The van der Waals surface area contributed by atoms with Gasteiger partial charge < -0.3 is 29.0 Å². The zero-order chi connectivity index (χ0) is 28.7. The summed E-state index contributed by atoms with van der Waals surface area (Å²) in [7, 11) is 1.55.